The van der Waals surface area contributed by atoms with Gasteiger partial charge in [0.1, 0.15) is 23.8 Å². The Bertz CT molecular complexity index is 1220. The first-order valence-corrected chi connectivity index (χ1v) is 13.7. The summed E-state index contributed by atoms with van der Waals surface area (Å²) in [5.41, 5.74) is 3.90. The first kappa shape index (κ1) is 32.6. The molecule has 39 heavy (non-hydrogen) atoms. The van der Waals surface area contributed by atoms with Gasteiger partial charge in [0.2, 0.25) is 0 Å². The molecule has 0 saturated heterocycles. The van der Waals surface area contributed by atoms with E-state index in [0.29, 0.717) is 13.2 Å². The van der Waals surface area contributed by atoms with Crippen molar-refractivity contribution in [3.05, 3.63) is 71.7 Å². The topological polar surface area (TPSA) is 72.9 Å². The van der Waals surface area contributed by atoms with Gasteiger partial charge in [-0.05, 0) is 81.4 Å². The lowest BCUT2D eigenvalue weighted by molar-refractivity contribution is -0.654. The zero-order valence-corrected chi connectivity index (χ0v) is 27.1. The maximum atomic E-state index is 5.89. The molecule has 0 fully saturated rings. The molecule has 208 valence electrons. The highest BCUT2D eigenvalue weighted by atomic mass is 79.9. The van der Waals surface area contributed by atoms with Crippen LogP contribution in [0, 0.1) is 0 Å². The number of thiazole rings is 2. The highest BCUT2D eigenvalue weighted by Gasteiger charge is 2.09. The Morgan fingerprint density at radius 3 is 1.36 bits per heavy atom. The number of azo groups is 2. The summed E-state index contributed by atoms with van der Waals surface area (Å²) < 4.78 is 9.79. The van der Waals surface area contributed by atoms with Crippen molar-refractivity contribution in [1.29, 1.82) is 0 Å². The third-order valence-electron chi connectivity index (χ3n) is 5.74. The Morgan fingerprint density at radius 2 is 1.03 bits per heavy atom. The van der Waals surface area contributed by atoms with Crippen LogP contribution in [-0.2, 0) is 18.8 Å². The number of rotatable bonds is 12. The van der Waals surface area contributed by atoms with Gasteiger partial charge in [0.05, 0.1) is 37.5 Å². The lowest BCUT2D eigenvalue weighted by Crippen LogP contribution is -3.00. The number of anilines is 2. The van der Waals surface area contributed by atoms with E-state index in [1.807, 2.05) is 70.6 Å². The number of halogens is 2. The molecule has 4 rings (SSSR count). The van der Waals surface area contributed by atoms with Crippen molar-refractivity contribution in [1.82, 2.24) is 0 Å². The molecule has 0 saturated carbocycles. The van der Waals surface area contributed by atoms with Gasteiger partial charge in [0, 0.05) is 49.3 Å². The third kappa shape index (κ3) is 9.84. The summed E-state index contributed by atoms with van der Waals surface area (Å²) in [6, 6.07) is 16.1. The van der Waals surface area contributed by atoms with E-state index in [2.05, 4.69) is 68.6 Å². The van der Waals surface area contributed by atoms with Gasteiger partial charge in [-0.3, -0.25) is 0 Å². The monoisotopic (exact) mass is 694 g/mol. The minimum Gasteiger partial charge on any atom is -1.00 e. The number of likely N-dealkylation sites (N-methyl/N-ethyl adjacent to an activating group) is 2. The molecule has 0 atom stereocenters. The highest BCUT2D eigenvalue weighted by Crippen LogP contribution is 2.23. The largest absolute Gasteiger partial charge is 1.00 e. The molecule has 0 aliphatic heterocycles. The normalized spacial score (nSPS) is 11.0. The first-order valence-electron chi connectivity index (χ1n) is 11.9. The summed E-state index contributed by atoms with van der Waals surface area (Å²) in [4.78, 5) is 4.35. The Morgan fingerprint density at radius 1 is 0.641 bits per heavy atom. The van der Waals surface area contributed by atoms with Crippen LogP contribution in [0.2, 0.25) is 0 Å². The summed E-state index contributed by atoms with van der Waals surface area (Å²) in [7, 11) is 8.05. The maximum absolute atomic E-state index is 5.89. The lowest BCUT2D eigenvalue weighted by Gasteiger charge is -2.21. The third-order valence-corrected chi connectivity index (χ3v) is 7.42. The Balaban J connectivity index is 0.00000267. The van der Waals surface area contributed by atoms with Crippen LogP contribution in [0.1, 0.15) is 0 Å². The van der Waals surface area contributed by atoms with Crippen molar-refractivity contribution in [2.45, 2.75) is 0 Å². The van der Waals surface area contributed by atoms with Crippen LogP contribution in [0.25, 0.3) is 0 Å². The number of hydrogen-bond acceptors (Lipinski definition) is 9. The fourth-order valence-corrected chi connectivity index (χ4v) is 4.72. The minimum absolute atomic E-state index is 0. The molecule has 0 N–H and O–H groups in total. The van der Waals surface area contributed by atoms with Gasteiger partial charge in [0.25, 0.3) is 0 Å². The fraction of sp³-hybridized carbons (Fsp3) is 0.308. The first-order chi connectivity index (χ1) is 18.0. The maximum Gasteiger partial charge on any atom is 0.408 e. The quantitative estimate of drug-likeness (QED) is 0.118. The summed E-state index contributed by atoms with van der Waals surface area (Å²) in [6.45, 7) is 2.91. The second kappa shape index (κ2) is 16.5. The van der Waals surface area contributed by atoms with Crippen LogP contribution >= 0.6 is 22.7 Å². The molecule has 2 heterocycles. The van der Waals surface area contributed by atoms with Gasteiger partial charge < -0.3 is 48.5 Å². The number of nitrogens with zero attached hydrogens (tertiary/aromatic N) is 8. The van der Waals surface area contributed by atoms with Gasteiger partial charge in [-0.2, -0.15) is 0 Å². The van der Waals surface area contributed by atoms with Crippen LogP contribution in [0.5, 0.6) is 0 Å². The second-order valence-corrected chi connectivity index (χ2v) is 10.2. The molecular formula is C26H32Br2N8OS2. The molecule has 0 unspecified atom stereocenters. The van der Waals surface area contributed by atoms with E-state index in [1.54, 1.807) is 22.7 Å². The van der Waals surface area contributed by atoms with Crippen LogP contribution in [0.4, 0.5) is 33.0 Å². The van der Waals surface area contributed by atoms with Crippen LogP contribution in [-0.4, -0.2) is 40.4 Å². The molecular weight excluding hydrogens is 664 g/mol. The average molecular weight is 697 g/mol. The van der Waals surface area contributed by atoms with E-state index in [4.69, 9.17) is 4.74 Å². The number of hydrogen-bond donors (Lipinski definition) is 0. The van der Waals surface area contributed by atoms with Gasteiger partial charge in [-0.25, -0.2) is 9.13 Å². The average Bonchev–Trinajstić information content (AvgIpc) is 3.53. The molecule has 4 aromatic rings. The molecule has 0 aliphatic rings. The van der Waals surface area contributed by atoms with Crippen molar-refractivity contribution in [2.75, 3.05) is 50.2 Å². The van der Waals surface area contributed by atoms with Gasteiger partial charge in [0.15, 0.2) is 0 Å². The molecule has 0 radical (unpaired) electrons. The van der Waals surface area contributed by atoms with Crippen molar-refractivity contribution in [3.8, 4) is 0 Å². The van der Waals surface area contributed by atoms with E-state index >= 15 is 0 Å². The lowest BCUT2D eigenvalue weighted by atomic mass is 10.2. The Labute approximate surface area is 258 Å². The molecule has 2 aromatic heterocycles. The second-order valence-electron chi connectivity index (χ2n) is 8.48. The van der Waals surface area contributed by atoms with Gasteiger partial charge >= 0.3 is 10.3 Å². The molecule has 0 aliphatic carbocycles. The number of aryl methyl sites for hydroxylation is 2. The molecule has 2 aromatic carbocycles. The van der Waals surface area contributed by atoms with E-state index in [-0.39, 0.29) is 34.0 Å². The Hall–Kier alpha value is -2.58. The predicted octanol–water partition coefficient (Wildman–Crippen LogP) is -0.113. The summed E-state index contributed by atoms with van der Waals surface area (Å²) in [6.07, 6.45) is 3.94. The molecule has 9 nitrogen and oxygen atoms in total. The van der Waals surface area contributed by atoms with Crippen molar-refractivity contribution >= 4 is 55.7 Å². The zero-order valence-electron chi connectivity index (χ0n) is 22.3. The van der Waals surface area contributed by atoms with Gasteiger partial charge in [-0.15, -0.1) is 0 Å². The summed E-state index contributed by atoms with van der Waals surface area (Å²) in [5.74, 6) is 0. The minimum atomic E-state index is 0. The fourth-order valence-electron chi connectivity index (χ4n) is 3.36. The van der Waals surface area contributed by atoms with E-state index in [0.717, 1.165) is 46.1 Å². The van der Waals surface area contributed by atoms with Gasteiger partial charge in [-0.1, -0.05) is 0 Å². The van der Waals surface area contributed by atoms with Crippen molar-refractivity contribution < 1.29 is 47.8 Å². The molecule has 13 heteroatoms. The van der Waals surface area contributed by atoms with E-state index < -0.39 is 0 Å². The van der Waals surface area contributed by atoms with Crippen LogP contribution in [0.3, 0.4) is 0 Å². The number of ether oxygens (including phenoxy) is 1. The molecule has 0 bridgehead atoms. The predicted molar refractivity (Wildman–Crippen MR) is 150 cm³/mol. The Kier molecular flexibility index (Phi) is 13.8. The smallest absolute Gasteiger partial charge is 0.408 e. The van der Waals surface area contributed by atoms with Crippen molar-refractivity contribution in [2.24, 2.45) is 34.6 Å². The zero-order chi connectivity index (χ0) is 26.0. The number of aromatic nitrogens is 2. The van der Waals surface area contributed by atoms with Crippen LogP contribution in [0.15, 0.2) is 92.1 Å². The molecule has 0 spiro atoms. The highest BCUT2D eigenvalue weighted by molar-refractivity contribution is 7.13. The summed E-state index contributed by atoms with van der Waals surface area (Å²) >= 11 is 3.12. The number of benzene rings is 2. The summed E-state index contributed by atoms with van der Waals surface area (Å²) in [5, 5.41) is 23.0. The van der Waals surface area contributed by atoms with Crippen molar-refractivity contribution in [3.63, 3.8) is 0 Å². The van der Waals surface area contributed by atoms with E-state index in [1.165, 1.54) is 0 Å². The standard InChI is InChI=1S/C26H32N8OS2.2BrH/c1-31(23-9-5-21(6-10-23)27-29-25-33(3)15-19-36-25)13-17-35-18-14-32(2)24-11-7-22(8-12-24)28-30-26-34(4)16-20-37-26;;/h5-12,15-16,19-20H,13-14,17-18H2,1-4H3;2*1H/q+2;;/p-2. The van der Waals surface area contributed by atoms with E-state index in [9.17, 15) is 0 Å². The van der Waals surface area contributed by atoms with Crippen LogP contribution < -0.4 is 52.9 Å². The molecule has 0 amide bonds. The SMILES string of the molecule is CN(CCOCCN(C)c1ccc(N=Nc2scc[n+]2C)cc1)c1ccc(N=Nc2scc[n+]2C)cc1.[Br-].[Br-].